The molecule has 0 saturated carbocycles. The number of anilines is 1. The number of benzene rings is 1. The number of para-hydroxylation sites is 2. The second-order valence-electron chi connectivity index (χ2n) is 3.20. The lowest BCUT2D eigenvalue weighted by atomic mass is 10.3. The van der Waals surface area contributed by atoms with Crippen molar-refractivity contribution < 1.29 is 9.53 Å². The smallest absolute Gasteiger partial charge is 0.408 e. The van der Waals surface area contributed by atoms with Gasteiger partial charge in [0.15, 0.2) is 5.75 Å². The molecule has 1 saturated heterocycles. The van der Waals surface area contributed by atoms with E-state index in [4.69, 9.17) is 15.7 Å². The topological polar surface area (TPSA) is 79.1 Å². The van der Waals surface area contributed by atoms with E-state index in [2.05, 4.69) is 0 Å². The summed E-state index contributed by atoms with van der Waals surface area (Å²) in [4.78, 5) is 12.7. The van der Waals surface area contributed by atoms with Crippen LogP contribution in [-0.4, -0.2) is 23.6 Å². The van der Waals surface area contributed by atoms with E-state index < -0.39 is 6.09 Å². The number of hydrogen-bond donors (Lipinski definition) is 1. The van der Waals surface area contributed by atoms with Crippen LogP contribution in [0.4, 0.5) is 10.5 Å². The zero-order chi connectivity index (χ0) is 10.8. The van der Waals surface area contributed by atoms with Gasteiger partial charge in [-0.1, -0.05) is 12.1 Å². The molecule has 1 unspecified atom stereocenters. The van der Waals surface area contributed by atoms with Gasteiger partial charge in [-0.2, -0.15) is 5.26 Å². The Hall–Kier alpha value is -2.22. The SMILES string of the molecule is N#CC1CN1C(=O)Oc1ccccc1N. The Morgan fingerprint density at radius 3 is 2.93 bits per heavy atom. The van der Waals surface area contributed by atoms with Gasteiger partial charge in [0.05, 0.1) is 18.3 Å². The Balaban J connectivity index is 2.02. The number of nitrogens with zero attached hydrogens (tertiary/aromatic N) is 2. The number of hydrogen-bond acceptors (Lipinski definition) is 4. The quantitative estimate of drug-likeness (QED) is 0.545. The molecule has 1 heterocycles. The Morgan fingerprint density at radius 1 is 1.60 bits per heavy atom. The Kier molecular flexibility index (Phi) is 2.18. The van der Waals surface area contributed by atoms with Crippen molar-refractivity contribution in [1.82, 2.24) is 4.90 Å². The molecule has 0 aliphatic carbocycles. The molecule has 1 aliphatic heterocycles. The maximum Gasteiger partial charge on any atom is 0.416 e. The van der Waals surface area contributed by atoms with E-state index in [-0.39, 0.29) is 6.04 Å². The number of rotatable bonds is 1. The minimum absolute atomic E-state index is 0.325. The van der Waals surface area contributed by atoms with Gasteiger partial charge in [0.1, 0.15) is 6.04 Å². The minimum atomic E-state index is -0.528. The molecule has 5 heteroatoms. The van der Waals surface area contributed by atoms with Crippen LogP contribution < -0.4 is 10.5 Å². The first-order valence-electron chi connectivity index (χ1n) is 4.45. The highest BCUT2D eigenvalue weighted by molar-refractivity contribution is 5.76. The molecule has 2 N–H and O–H groups in total. The van der Waals surface area contributed by atoms with Crippen molar-refractivity contribution >= 4 is 11.8 Å². The number of carbonyl (C=O) groups is 1. The fraction of sp³-hybridized carbons (Fsp3) is 0.200. The molecule has 0 radical (unpaired) electrons. The van der Waals surface area contributed by atoms with Crippen molar-refractivity contribution in [2.45, 2.75) is 6.04 Å². The minimum Gasteiger partial charge on any atom is -0.408 e. The third-order valence-corrected chi connectivity index (χ3v) is 2.11. The molecule has 1 fully saturated rings. The van der Waals surface area contributed by atoms with Crippen LogP contribution in [0, 0.1) is 11.3 Å². The number of carbonyl (C=O) groups excluding carboxylic acids is 1. The summed E-state index contributed by atoms with van der Waals surface area (Å²) >= 11 is 0. The van der Waals surface area contributed by atoms with Crippen LogP contribution in [0.15, 0.2) is 24.3 Å². The summed E-state index contributed by atoms with van der Waals surface area (Å²) in [5, 5.41) is 8.52. The average Bonchev–Trinajstić information content (AvgIpc) is 3.00. The molecule has 2 rings (SSSR count). The summed E-state index contributed by atoms with van der Waals surface area (Å²) in [6.45, 7) is 0.433. The highest BCUT2D eigenvalue weighted by Crippen LogP contribution is 2.24. The molecule has 1 aliphatic rings. The van der Waals surface area contributed by atoms with Crippen molar-refractivity contribution in [3.63, 3.8) is 0 Å². The summed E-state index contributed by atoms with van der Waals surface area (Å²) in [6, 6.07) is 8.35. The predicted octanol–water partition coefficient (Wildman–Crippen LogP) is 0.975. The number of nitrogens with two attached hydrogens (primary N) is 1. The number of amides is 1. The van der Waals surface area contributed by atoms with E-state index in [0.29, 0.717) is 18.0 Å². The second-order valence-corrected chi connectivity index (χ2v) is 3.20. The summed E-state index contributed by atoms with van der Waals surface area (Å²) in [5.74, 6) is 0.325. The molecule has 1 amide bonds. The van der Waals surface area contributed by atoms with Crippen molar-refractivity contribution in [3.8, 4) is 11.8 Å². The van der Waals surface area contributed by atoms with E-state index in [9.17, 15) is 4.79 Å². The lowest BCUT2D eigenvalue weighted by molar-refractivity contribution is 0.185. The first-order chi connectivity index (χ1) is 7.22. The van der Waals surface area contributed by atoms with Crippen LogP contribution in [0.5, 0.6) is 5.75 Å². The van der Waals surface area contributed by atoms with Crippen molar-refractivity contribution in [2.75, 3.05) is 12.3 Å². The molecular weight excluding hydrogens is 194 g/mol. The van der Waals surface area contributed by atoms with Gasteiger partial charge in [0.25, 0.3) is 0 Å². The first-order valence-corrected chi connectivity index (χ1v) is 4.45. The summed E-state index contributed by atoms with van der Waals surface area (Å²) in [7, 11) is 0. The van der Waals surface area contributed by atoms with E-state index in [1.54, 1.807) is 24.3 Å². The Labute approximate surface area is 86.7 Å². The van der Waals surface area contributed by atoms with Crippen LogP contribution >= 0.6 is 0 Å². The molecule has 76 valence electrons. The normalized spacial score (nSPS) is 18.1. The van der Waals surface area contributed by atoms with Crippen molar-refractivity contribution in [3.05, 3.63) is 24.3 Å². The van der Waals surface area contributed by atoms with Crippen molar-refractivity contribution in [2.24, 2.45) is 0 Å². The summed E-state index contributed by atoms with van der Waals surface area (Å²) in [6.07, 6.45) is -0.528. The van der Waals surface area contributed by atoms with Gasteiger partial charge in [-0.25, -0.2) is 4.79 Å². The zero-order valence-electron chi connectivity index (χ0n) is 7.88. The standard InChI is InChI=1S/C10H9N3O2/c11-5-7-6-13(7)10(14)15-9-4-2-1-3-8(9)12/h1-4,7H,6,12H2. The number of nitriles is 1. The molecule has 1 atom stereocenters. The van der Waals surface area contributed by atoms with Gasteiger partial charge in [0, 0.05) is 0 Å². The molecule has 0 bridgehead atoms. The lowest BCUT2D eigenvalue weighted by Gasteiger charge is -2.06. The monoisotopic (exact) mass is 203 g/mol. The Morgan fingerprint density at radius 2 is 2.33 bits per heavy atom. The summed E-state index contributed by atoms with van der Waals surface area (Å²) < 4.78 is 5.01. The lowest BCUT2D eigenvalue weighted by Crippen LogP contribution is -2.18. The highest BCUT2D eigenvalue weighted by Gasteiger charge is 2.40. The van der Waals surface area contributed by atoms with Crippen LogP contribution in [0.2, 0.25) is 0 Å². The average molecular weight is 203 g/mol. The molecule has 1 aromatic rings. The maximum absolute atomic E-state index is 11.4. The van der Waals surface area contributed by atoms with Gasteiger partial charge in [-0.3, -0.25) is 4.90 Å². The third kappa shape index (κ3) is 1.83. The van der Waals surface area contributed by atoms with E-state index in [1.807, 2.05) is 6.07 Å². The largest absolute Gasteiger partial charge is 0.416 e. The zero-order valence-corrected chi connectivity index (χ0v) is 7.88. The van der Waals surface area contributed by atoms with Crippen LogP contribution in [-0.2, 0) is 0 Å². The molecular formula is C10H9N3O2. The van der Waals surface area contributed by atoms with Gasteiger partial charge in [0.2, 0.25) is 0 Å². The van der Waals surface area contributed by atoms with Gasteiger partial charge in [-0.15, -0.1) is 0 Å². The third-order valence-electron chi connectivity index (χ3n) is 2.11. The highest BCUT2D eigenvalue weighted by atomic mass is 16.6. The van der Waals surface area contributed by atoms with E-state index >= 15 is 0 Å². The molecule has 0 spiro atoms. The fourth-order valence-corrected chi connectivity index (χ4v) is 1.18. The maximum atomic E-state index is 11.4. The van der Waals surface area contributed by atoms with Crippen molar-refractivity contribution in [1.29, 1.82) is 5.26 Å². The first kappa shape index (κ1) is 9.34. The van der Waals surface area contributed by atoms with Gasteiger partial charge in [-0.05, 0) is 12.1 Å². The second kappa shape index (κ2) is 3.50. The van der Waals surface area contributed by atoms with E-state index in [0.717, 1.165) is 0 Å². The molecule has 0 aromatic heterocycles. The number of nitrogen functional groups attached to an aromatic ring is 1. The van der Waals surface area contributed by atoms with E-state index in [1.165, 1.54) is 4.90 Å². The molecule has 15 heavy (non-hydrogen) atoms. The summed E-state index contributed by atoms with van der Waals surface area (Å²) in [5.41, 5.74) is 6.00. The van der Waals surface area contributed by atoms with Crippen LogP contribution in [0.1, 0.15) is 0 Å². The van der Waals surface area contributed by atoms with Gasteiger partial charge < -0.3 is 10.5 Å². The van der Waals surface area contributed by atoms with Crippen LogP contribution in [0.25, 0.3) is 0 Å². The number of ether oxygens (including phenoxy) is 1. The van der Waals surface area contributed by atoms with Gasteiger partial charge >= 0.3 is 6.09 Å². The Bertz CT molecular complexity index is 439. The fourth-order valence-electron chi connectivity index (χ4n) is 1.18. The molecule has 5 nitrogen and oxygen atoms in total. The van der Waals surface area contributed by atoms with Crippen LogP contribution in [0.3, 0.4) is 0 Å². The predicted molar refractivity (Wildman–Crippen MR) is 53.0 cm³/mol. The molecule has 1 aromatic carbocycles.